The third kappa shape index (κ3) is 4.08. The van der Waals surface area contributed by atoms with Gasteiger partial charge in [-0.25, -0.2) is 8.78 Å². The molecule has 0 bridgehead atoms. The van der Waals surface area contributed by atoms with Crippen LogP contribution in [-0.2, 0) is 9.59 Å². The molecule has 2 amide bonds. The Balaban J connectivity index is 2.17. The van der Waals surface area contributed by atoms with Crippen LogP contribution in [-0.4, -0.2) is 47.1 Å². The van der Waals surface area contributed by atoms with Crippen molar-refractivity contribution < 1.29 is 23.5 Å². The lowest BCUT2D eigenvalue weighted by Crippen LogP contribution is -2.45. The zero-order valence-electron chi connectivity index (χ0n) is 14.0. The molecule has 1 aliphatic heterocycles. The van der Waals surface area contributed by atoms with Crippen LogP contribution >= 0.6 is 0 Å². The number of anilines is 1. The third-order valence-corrected chi connectivity index (χ3v) is 4.00. The molecule has 24 heavy (non-hydrogen) atoms. The first kappa shape index (κ1) is 18.3. The zero-order valence-corrected chi connectivity index (χ0v) is 14.0. The average Bonchev–Trinajstić information content (AvgIpc) is 2.84. The summed E-state index contributed by atoms with van der Waals surface area (Å²) in [5.41, 5.74) is 0.111. The van der Waals surface area contributed by atoms with E-state index in [9.17, 15) is 23.5 Å². The number of carbonyl (C=O) groups excluding carboxylic acids is 2. The Labute approximate surface area is 139 Å². The second-order valence-electron chi connectivity index (χ2n) is 6.47. The molecule has 0 radical (unpaired) electrons. The van der Waals surface area contributed by atoms with Crippen LogP contribution in [0.15, 0.2) is 18.2 Å². The van der Waals surface area contributed by atoms with Crippen molar-refractivity contribution in [3.05, 3.63) is 29.8 Å². The summed E-state index contributed by atoms with van der Waals surface area (Å²) in [7, 11) is 0. The molecule has 1 aromatic rings. The lowest BCUT2D eigenvalue weighted by Gasteiger charge is -2.30. The molecule has 1 fully saturated rings. The fourth-order valence-corrected chi connectivity index (χ4v) is 2.89. The van der Waals surface area contributed by atoms with E-state index < -0.39 is 23.7 Å². The number of carbonyl (C=O) groups is 2. The maximum Gasteiger partial charge on any atom is 0.228 e. The highest BCUT2D eigenvalue weighted by atomic mass is 19.1. The third-order valence-electron chi connectivity index (χ3n) is 4.00. The minimum Gasteiger partial charge on any atom is -0.392 e. The standard InChI is InChI=1S/C17H22F2N2O3/c1-10(2)20(8-11(3)22)17(24)12-4-16(23)21(9-12)15-6-13(18)5-14(19)7-15/h5-7,10-12,22H,4,8-9H2,1-3H3. The molecular weight excluding hydrogens is 318 g/mol. The highest BCUT2D eigenvalue weighted by Gasteiger charge is 2.38. The molecule has 0 aromatic heterocycles. The van der Waals surface area contributed by atoms with Gasteiger partial charge in [0, 0.05) is 37.3 Å². The summed E-state index contributed by atoms with van der Waals surface area (Å²) in [4.78, 5) is 27.6. The van der Waals surface area contributed by atoms with E-state index in [0.29, 0.717) is 0 Å². The van der Waals surface area contributed by atoms with Gasteiger partial charge >= 0.3 is 0 Å². The van der Waals surface area contributed by atoms with Crippen LogP contribution in [0.2, 0.25) is 0 Å². The quantitative estimate of drug-likeness (QED) is 0.891. The summed E-state index contributed by atoms with van der Waals surface area (Å²) in [6.07, 6.45) is -0.693. The van der Waals surface area contributed by atoms with Gasteiger partial charge in [0.25, 0.3) is 0 Å². The molecule has 2 rings (SSSR count). The second-order valence-corrected chi connectivity index (χ2v) is 6.47. The van der Waals surface area contributed by atoms with E-state index in [4.69, 9.17) is 0 Å². The number of aliphatic hydroxyl groups is 1. The Morgan fingerprint density at radius 2 is 1.88 bits per heavy atom. The molecule has 2 unspecified atom stereocenters. The van der Waals surface area contributed by atoms with E-state index in [1.165, 1.54) is 9.80 Å². The molecular formula is C17H22F2N2O3. The molecule has 7 heteroatoms. The lowest BCUT2D eigenvalue weighted by atomic mass is 10.1. The van der Waals surface area contributed by atoms with E-state index in [-0.39, 0.29) is 43.1 Å². The summed E-state index contributed by atoms with van der Waals surface area (Å²) in [5.74, 6) is -2.72. The maximum absolute atomic E-state index is 13.4. The van der Waals surface area contributed by atoms with Crippen molar-refractivity contribution in [1.82, 2.24) is 4.90 Å². The number of amides is 2. The van der Waals surface area contributed by atoms with Crippen molar-refractivity contribution in [3.8, 4) is 0 Å². The number of hydrogen-bond donors (Lipinski definition) is 1. The maximum atomic E-state index is 13.4. The second kappa shape index (κ2) is 7.25. The van der Waals surface area contributed by atoms with E-state index in [2.05, 4.69) is 0 Å². The van der Waals surface area contributed by atoms with Gasteiger partial charge in [0.2, 0.25) is 11.8 Å². The topological polar surface area (TPSA) is 60.9 Å². The van der Waals surface area contributed by atoms with Crippen LogP contribution in [0.1, 0.15) is 27.2 Å². The highest BCUT2D eigenvalue weighted by Crippen LogP contribution is 2.28. The molecule has 0 spiro atoms. The Morgan fingerprint density at radius 3 is 2.38 bits per heavy atom. The van der Waals surface area contributed by atoms with Gasteiger partial charge in [0.1, 0.15) is 11.6 Å². The van der Waals surface area contributed by atoms with Crippen LogP contribution in [0.3, 0.4) is 0 Å². The molecule has 0 aliphatic carbocycles. The molecule has 0 saturated carbocycles. The number of nitrogens with zero attached hydrogens (tertiary/aromatic N) is 2. The molecule has 1 aromatic carbocycles. The van der Waals surface area contributed by atoms with E-state index in [0.717, 1.165) is 18.2 Å². The zero-order chi connectivity index (χ0) is 18.0. The molecule has 1 aliphatic rings. The predicted molar refractivity (Wildman–Crippen MR) is 85.3 cm³/mol. The highest BCUT2D eigenvalue weighted by molar-refractivity contribution is 6.00. The molecule has 2 atom stereocenters. The molecule has 1 N–H and O–H groups in total. The average molecular weight is 340 g/mol. The van der Waals surface area contributed by atoms with Gasteiger partial charge in [0.15, 0.2) is 0 Å². The summed E-state index contributed by atoms with van der Waals surface area (Å²) < 4.78 is 26.7. The van der Waals surface area contributed by atoms with Gasteiger partial charge in [-0.05, 0) is 32.9 Å². The number of hydrogen-bond acceptors (Lipinski definition) is 3. The van der Waals surface area contributed by atoms with Gasteiger partial charge in [0.05, 0.1) is 12.0 Å². The SMILES string of the molecule is CC(O)CN(C(=O)C1CC(=O)N(c2cc(F)cc(F)c2)C1)C(C)C. The first-order valence-corrected chi connectivity index (χ1v) is 7.94. The van der Waals surface area contributed by atoms with E-state index in [1.807, 2.05) is 13.8 Å². The van der Waals surface area contributed by atoms with Gasteiger partial charge in [-0.2, -0.15) is 0 Å². The Bertz CT molecular complexity index is 614. The minimum atomic E-state index is -0.773. The minimum absolute atomic E-state index is 0.0139. The summed E-state index contributed by atoms with van der Waals surface area (Å²) >= 11 is 0. The first-order chi connectivity index (χ1) is 11.2. The van der Waals surface area contributed by atoms with Crippen molar-refractivity contribution in [3.63, 3.8) is 0 Å². The summed E-state index contributed by atoms with van der Waals surface area (Å²) in [6, 6.07) is 2.76. The summed E-state index contributed by atoms with van der Waals surface area (Å²) in [6.45, 7) is 5.50. The summed E-state index contributed by atoms with van der Waals surface area (Å²) in [5, 5.41) is 9.55. The Hall–Kier alpha value is -2.02. The van der Waals surface area contributed by atoms with Crippen molar-refractivity contribution in [2.45, 2.75) is 39.3 Å². The van der Waals surface area contributed by atoms with Gasteiger partial charge < -0.3 is 14.9 Å². The van der Waals surface area contributed by atoms with Gasteiger partial charge in [-0.15, -0.1) is 0 Å². The van der Waals surface area contributed by atoms with Gasteiger partial charge in [-0.1, -0.05) is 0 Å². The fourth-order valence-electron chi connectivity index (χ4n) is 2.89. The van der Waals surface area contributed by atoms with Crippen molar-refractivity contribution in [2.24, 2.45) is 5.92 Å². The fraction of sp³-hybridized carbons (Fsp3) is 0.529. The van der Waals surface area contributed by atoms with Crippen molar-refractivity contribution >= 4 is 17.5 Å². The smallest absolute Gasteiger partial charge is 0.228 e. The molecule has 132 valence electrons. The number of aliphatic hydroxyl groups excluding tert-OH is 1. The lowest BCUT2D eigenvalue weighted by molar-refractivity contribution is -0.138. The molecule has 1 heterocycles. The van der Waals surface area contributed by atoms with E-state index >= 15 is 0 Å². The van der Waals surface area contributed by atoms with Crippen molar-refractivity contribution in [2.75, 3.05) is 18.0 Å². The van der Waals surface area contributed by atoms with Crippen LogP contribution in [0, 0.1) is 17.6 Å². The monoisotopic (exact) mass is 340 g/mol. The van der Waals surface area contributed by atoms with Gasteiger partial charge in [-0.3, -0.25) is 9.59 Å². The number of benzene rings is 1. The van der Waals surface area contributed by atoms with Crippen LogP contribution in [0.4, 0.5) is 14.5 Å². The Kier molecular flexibility index (Phi) is 5.54. The Morgan fingerprint density at radius 1 is 1.29 bits per heavy atom. The normalized spacial score (nSPS) is 19.0. The number of halogens is 2. The first-order valence-electron chi connectivity index (χ1n) is 7.94. The van der Waals surface area contributed by atoms with Crippen molar-refractivity contribution in [1.29, 1.82) is 0 Å². The van der Waals surface area contributed by atoms with E-state index in [1.54, 1.807) is 6.92 Å². The molecule has 5 nitrogen and oxygen atoms in total. The number of rotatable bonds is 5. The van der Waals surface area contributed by atoms with Crippen LogP contribution < -0.4 is 4.90 Å². The largest absolute Gasteiger partial charge is 0.392 e. The predicted octanol–water partition coefficient (Wildman–Crippen LogP) is 1.94. The van der Waals surface area contributed by atoms with Crippen LogP contribution in [0.25, 0.3) is 0 Å². The molecule has 1 saturated heterocycles. The van der Waals surface area contributed by atoms with Crippen LogP contribution in [0.5, 0.6) is 0 Å².